The van der Waals surface area contributed by atoms with E-state index < -0.39 is 11.7 Å². The second-order valence-corrected chi connectivity index (χ2v) is 5.27. The zero-order valence-electron chi connectivity index (χ0n) is 11.4. The van der Waals surface area contributed by atoms with E-state index in [1.165, 1.54) is 0 Å². The van der Waals surface area contributed by atoms with Gasteiger partial charge in [-0.3, -0.25) is 0 Å². The monoisotopic (exact) mass is 251 g/mol. The molecule has 0 aliphatic rings. The summed E-state index contributed by atoms with van der Waals surface area (Å²) in [6, 6.07) is 7.31. The third kappa shape index (κ3) is 4.75. The van der Waals surface area contributed by atoms with Crippen molar-refractivity contribution >= 4 is 6.09 Å². The molecular weight excluding hydrogens is 230 g/mol. The van der Waals surface area contributed by atoms with E-state index in [4.69, 9.17) is 9.84 Å². The molecule has 1 atom stereocenters. The average molecular weight is 251 g/mol. The van der Waals surface area contributed by atoms with Crippen molar-refractivity contribution in [3.05, 3.63) is 35.4 Å². The molecule has 2 N–H and O–H groups in total. The predicted molar refractivity (Wildman–Crippen MR) is 70.1 cm³/mol. The molecule has 1 rings (SSSR count). The van der Waals surface area contributed by atoms with E-state index in [0.717, 1.165) is 11.1 Å². The van der Waals surface area contributed by atoms with Crippen LogP contribution in [0.4, 0.5) is 4.79 Å². The van der Waals surface area contributed by atoms with Crippen molar-refractivity contribution < 1.29 is 14.6 Å². The zero-order valence-corrected chi connectivity index (χ0v) is 11.4. The summed E-state index contributed by atoms with van der Waals surface area (Å²) in [6.07, 6.45) is -0.429. The molecule has 1 aromatic carbocycles. The van der Waals surface area contributed by atoms with Gasteiger partial charge in [-0.05, 0) is 38.8 Å². The second-order valence-electron chi connectivity index (χ2n) is 5.27. The molecule has 0 aromatic heterocycles. The number of nitrogens with one attached hydrogen (secondary N) is 1. The van der Waals surface area contributed by atoms with E-state index in [-0.39, 0.29) is 12.6 Å². The summed E-state index contributed by atoms with van der Waals surface area (Å²) in [5, 5.41) is 11.7. The number of hydrogen-bond donors (Lipinski definition) is 2. The van der Waals surface area contributed by atoms with E-state index in [1.807, 2.05) is 52.0 Å². The Hall–Kier alpha value is -1.55. The molecule has 1 amide bonds. The van der Waals surface area contributed by atoms with Crippen LogP contribution < -0.4 is 5.32 Å². The van der Waals surface area contributed by atoms with Crippen molar-refractivity contribution in [2.45, 2.75) is 45.9 Å². The lowest BCUT2D eigenvalue weighted by Crippen LogP contribution is -2.34. The predicted octanol–water partition coefficient (Wildman–Crippen LogP) is 2.76. The molecule has 0 unspecified atom stereocenters. The summed E-state index contributed by atoms with van der Waals surface area (Å²) in [6.45, 7) is 7.39. The summed E-state index contributed by atoms with van der Waals surface area (Å²) in [5.41, 5.74) is 1.33. The summed E-state index contributed by atoms with van der Waals surface area (Å²) >= 11 is 0. The summed E-state index contributed by atoms with van der Waals surface area (Å²) in [4.78, 5) is 11.6. The van der Waals surface area contributed by atoms with Gasteiger partial charge in [0.25, 0.3) is 0 Å². The Morgan fingerprint density at radius 1 is 1.33 bits per heavy atom. The first-order chi connectivity index (χ1) is 8.31. The first-order valence-corrected chi connectivity index (χ1v) is 6.01. The zero-order chi connectivity index (χ0) is 13.8. The lowest BCUT2D eigenvalue weighted by molar-refractivity contribution is 0.0508. The number of alkyl carbamates (subject to hydrolysis) is 1. The minimum atomic E-state index is -0.495. The van der Waals surface area contributed by atoms with E-state index in [9.17, 15) is 4.79 Å². The van der Waals surface area contributed by atoms with E-state index in [0.29, 0.717) is 0 Å². The number of rotatable bonds is 3. The van der Waals surface area contributed by atoms with Gasteiger partial charge in [0.2, 0.25) is 0 Å². The van der Waals surface area contributed by atoms with Crippen molar-refractivity contribution in [3.8, 4) is 0 Å². The number of carbonyl (C=O) groups is 1. The minimum Gasteiger partial charge on any atom is -0.444 e. The van der Waals surface area contributed by atoms with Gasteiger partial charge in [-0.15, -0.1) is 0 Å². The van der Waals surface area contributed by atoms with Crippen LogP contribution in [0.2, 0.25) is 0 Å². The van der Waals surface area contributed by atoms with E-state index >= 15 is 0 Å². The Kier molecular flexibility index (Phi) is 4.73. The average Bonchev–Trinajstić information content (AvgIpc) is 2.26. The van der Waals surface area contributed by atoms with Crippen LogP contribution in [0.3, 0.4) is 0 Å². The molecule has 4 nitrogen and oxygen atoms in total. The molecule has 4 heteroatoms. The van der Waals surface area contributed by atoms with Gasteiger partial charge in [-0.1, -0.05) is 24.3 Å². The molecule has 0 spiro atoms. The maximum Gasteiger partial charge on any atom is 0.408 e. The number of hydrogen-bond acceptors (Lipinski definition) is 3. The highest BCUT2D eigenvalue weighted by Gasteiger charge is 2.18. The summed E-state index contributed by atoms with van der Waals surface area (Å²) < 4.78 is 5.18. The van der Waals surface area contributed by atoms with Gasteiger partial charge in [0.05, 0.1) is 12.6 Å². The molecular formula is C14H21NO3. The van der Waals surface area contributed by atoms with Gasteiger partial charge in [0.1, 0.15) is 5.60 Å². The highest BCUT2D eigenvalue weighted by molar-refractivity contribution is 5.68. The van der Waals surface area contributed by atoms with Gasteiger partial charge in [-0.25, -0.2) is 4.79 Å². The molecule has 0 aliphatic heterocycles. The largest absolute Gasteiger partial charge is 0.444 e. The molecule has 0 aliphatic carbocycles. The summed E-state index contributed by atoms with van der Waals surface area (Å²) in [7, 11) is 0. The Balaban J connectivity index is 2.59. The fraction of sp³-hybridized carbons (Fsp3) is 0.500. The molecule has 0 fully saturated rings. The van der Waals surface area contributed by atoms with Gasteiger partial charge in [0, 0.05) is 0 Å². The quantitative estimate of drug-likeness (QED) is 0.868. The van der Waals surface area contributed by atoms with Gasteiger partial charge in [0.15, 0.2) is 0 Å². The van der Waals surface area contributed by atoms with Crippen molar-refractivity contribution in [3.63, 3.8) is 0 Å². The first-order valence-electron chi connectivity index (χ1n) is 6.01. The fourth-order valence-corrected chi connectivity index (χ4v) is 1.48. The van der Waals surface area contributed by atoms with Crippen LogP contribution in [0.15, 0.2) is 24.3 Å². The van der Waals surface area contributed by atoms with Crippen molar-refractivity contribution in [2.24, 2.45) is 0 Å². The Morgan fingerprint density at radius 3 is 2.33 bits per heavy atom. The van der Waals surface area contributed by atoms with Crippen LogP contribution in [0.25, 0.3) is 0 Å². The molecule has 0 bridgehead atoms. The molecule has 18 heavy (non-hydrogen) atoms. The number of ether oxygens (including phenoxy) is 1. The van der Waals surface area contributed by atoms with Crippen LogP contribution in [-0.4, -0.2) is 16.8 Å². The first kappa shape index (κ1) is 14.5. The van der Waals surface area contributed by atoms with Gasteiger partial charge >= 0.3 is 6.09 Å². The van der Waals surface area contributed by atoms with Crippen molar-refractivity contribution in [2.75, 3.05) is 0 Å². The summed E-state index contributed by atoms with van der Waals surface area (Å²) in [5.74, 6) is 0. The molecule has 1 aromatic rings. The number of benzene rings is 1. The third-order valence-corrected chi connectivity index (χ3v) is 2.40. The number of aliphatic hydroxyl groups is 1. The second kappa shape index (κ2) is 5.87. The Bertz CT molecular complexity index is 392. The highest BCUT2D eigenvalue weighted by Crippen LogP contribution is 2.15. The van der Waals surface area contributed by atoms with Crippen molar-refractivity contribution in [1.82, 2.24) is 5.32 Å². The molecule has 0 saturated carbocycles. The van der Waals surface area contributed by atoms with E-state index in [1.54, 1.807) is 0 Å². The Morgan fingerprint density at radius 2 is 1.89 bits per heavy atom. The normalized spacial score (nSPS) is 12.9. The van der Waals surface area contributed by atoms with Crippen LogP contribution in [0.5, 0.6) is 0 Å². The SMILES string of the molecule is C[C@H](NC(=O)OC(C)(C)C)c1ccc(CO)cc1. The standard InChI is InChI=1S/C14H21NO3/c1-10(15-13(17)18-14(2,3)4)12-7-5-11(9-16)6-8-12/h5-8,10,16H,9H2,1-4H3,(H,15,17)/t10-/m0/s1. The molecule has 100 valence electrons. The smallest absolute Gasteiger partial charge is 0.408 e. The minimum absolute atomic E-state index is 0.0220. The highest BCUT2D eigenvalue weighted by atomic mass is 16.6. The van der Waals surface area contributed by atoms with Gasteiger partial charge in [-0.2, -0.15) is 0 Å². The van der Waals surface area contributed by atoms with E-state index in [2.05, 4.69) is 5.32 Å². The maximum absolute atomic E-state index is 11.6. The fourth-order valence-electron chi connectivity index (χ4n) is 1.48. The molecule has 0 heterocycles. The van der Waals surface area contributed by atoms with Crippen LogP contribution in [0.1, 0.15) is 44.9 Å². The third-order valence-electron chi connectivity index (χ3n) is 2.40. The molecule has 0 saturated heterocycles. The maximum atomic E-state index is 11.6. The number of carbonyl (C=O) groups excluding carboxylic acids is 1. The molecule has 0 radical (unpaired) electrons. The topological polar surface area (TPSA) is 58.6 Å². The van der Waals surface area contributed by atoms with Crippen LogP contribution in [0, 0.1) is 0 Å². The lowest BCUT2D eigenvalue weighted by atomic mass is 10.1. The number of amides is 1. The Labute approximate surface area is 108 Å². The lowest BCUT2D eigenvalue weighted by Gasteiger charge is -2.22. The van der Waals surface area contributed by atoms with Crippen LogP contribution >= 0.6 is 0 Å². The van der Waals surface area contributed by atoms with Crippen molar-refractivity contribution in [1.29, 1.82) is 0 Å². The number of aliphatic hydroxyl groups excluding tert-OH is 1. The van der Waals surface area contributed by atoms with Crippen LogP contribution in [-0.2, 0) is 11.3 Å². The van der Waals surface area contributed by atoms with Gasteiger partial charge < -0.3 is 15.2 Å².